The van der Waals surface area contributed by atoms with E-state index in [0.29, 0.717) is 27.8 Å². The summed E-state index contributed by atoms with van der Waals surface area (Å²) >= 11 is 6.07. The molecule has 1 atom stereocenters. The molecule has 3 aromatic rings. The molecule has 0 fully saturated rings. The quantitative estimate of drug-likeness (QED) is 0.547. The first-order chi connectivity index (χ1) is 15.0. The molecule has 1 unspecified atom stereocenters. The molecule has 0 saturated heterocycles. The highest BCUT2D eigenvalue weighted by atomic mass is 35.5. The third-order valence-electron chi connectivity index (χ3n) is 4.41. The maximum absolute atomic E-state index is 12.7. The summed E-state index contributed by atoms with van der Waals surface area (Å²) in [5.41, 5.74) is 1.58. The van der Waals surface area contributed by atoms with Crippen LogP contribution >= 0.6 is 11.6 Å². The van der Waals surface area contributed by atoms with Gasteiger partial charge in [-0.15, -0.1) is 0 Å². The van der Waals surface area contributed by atoms with E-state index in [1.807, 2.05) is 25.1 Å². The first-order valence-corrected chi connectivity index (χ1v) is 9.92. The Morgan fingerprint density at radius 3 is 2.55 bits per heavy atom. The summed E-state index contributed by atoms with van der Waals surface area (Å²) in [6.45, 7) is 1.57. The van der Waals surface area contributed by atoms with Gasteiger partial charge in [0.05, 0.1) is 29.4 Å². The maximum Gasteiger partial charge on any atom is 0.262 e. The number of carbonyl (C=O) groups is 2. The van der Waals surface area contributed by atoms with Gasteiger partial charge in [-0.2, -0.15) is 0 Å². The van der Waals surface area contributed by atoms with Crippen molar-refractivity contribution >= 4 is 29.1 Å². The number of rotatable bonds is 8. The molecule has 2 amide bonds. The van der Waals surface area contributed by atoms with Crippen LogP contribution in [0.15, 0.2) is 66.9 Å². The molecule has 31 heavy (non-hydrogen) atoms. The lowest BCUT2D eigenvalue weighted by Crippen LogP contribution is -2.28. The SMILES string of the molecule is COc1ccc(NC(=O)COc2ccccc2C(=O)NC(C)c2ccccn2)cc1Cl. The Morgan fingerprint density at radius 1 is 1.06 bits per heavy atom. The highest BCUT2D eigenvalue weighted by molar-refractivity contribution is 6.32. The van der Waals surface area contributed by atoms with E-state index in [-0.39, 0.29) is 18.6 Å². The molecule has 0 aliphatic heterocycles. The van der Waals surface area contributed by atoms with Gasteiger partial charge in [-0.3, -0.25) is 14.6 Å². The van der Waals surface area contributed by atoms with Gasteiger partial charge < -0.3 is 20.1 Å². The van der Waals surface area contributed by atoms with Crippen molar-refractivity contribution in [2.45, 2.75) is 13.0 Å². The van der Waals surface area contributed by atoms with Crippen LogP contribution in [0.1, 0.15) is 29.0 Å². The van der Waals surface area contributed by atoms with Crippen molar-refractivity contribution in [3.8, 4) is 11.5 Å². The van der Waals surface area contributed by atoms with Crippen LogP contribution in [0.25, 0.3) is 0 Å². The normalized spacial score (nSPS) is 11.3. The van der Waals surface area contributed by atoms with Crippen molar-refractivity contribution in [1.29, 1.82) is 0 Å². The number of benzene rings is 2. The standard InChI is InChI=1S/C23H22ClN3O4/c1-15(19-8-5-6-12-25-19)26-23(29)17-7-3-4-9-20(17)31-14-22(28)27-16-10-11-21(30-2)18(24)13-16/h3-13,15H,14H2,1-2H3,(H,26,29)(H,27,28). The zero-order chi connectivity index (χ0) is 22.2. The summed E-state index contributed by atoms with van der Waals surface area (Å²) < 4.78 is 10.7. The molecule has 1 aromatic heterocycles. The minimum absolute atomic E-state index is 0.274. The van der Waals surface area contributed by atoms with Crippen molar-refractivity contribution < 1.29 is 19.1 Å². The van der Waals surface area contributed by atoms with Gasteiger partial charge in [0.25, 0.3) is 11.8 Å². The van der Waals surface area contributed by atoms with E-state index >= 15 is 0 Å². The van der Waals surface area contributed by atoms with Crippen LogP contribution in [-0.2, 0) is 4.79 Å². The van der Waals surface area contributed by atoms with Gasteiger partial charge >= 0.3 is 0 Å². The van der Waals surface area contributed by atoms with E-state index in [9.17, 15) is 9.59 Å². The molecular formula is C23H22ClN3O4. The Kier molecular flexibility index (Phi) is 7.45. The Morgan fingerprint density at radius 2 is 1.84 bits per heavy atom. The van der Waals surface area contributed by atoms with Crippen LogP contribution in [0.4, 0.5) is 5.69 Å². The number of hydrogen-bond donors (Lipinski definition) is 2. The van der Waals surface area contributed by atoms with Crippen LogP contribution in [0, 0.1) is 0 Å². The van der Waals surface area contributed by atoms with Crippen LogP contribution in [-0.4, -0.2) is 30.5 Å². The van der Waals surface area contributed by atoms with E-state index in [2.05, 4.69) is 15.6 Å². The number of hydrogen-bond acceptors (Lipinski definition) is 5. The number of amides is 2. The highest BCUT2D eigenvalue weighted by Gasteiger charge is 2.17. The van der Waals surface area contributed by atoms with Crippen LogP contribution in [0.2, 0.25) is 5.02 Å². The number of para-hydroxylation sites is 1. The molecule has 160 valence electrons. The molecule has 0 radical (unpaired) electrons. The largest absolute Gasteiger partial charge is 0.495 e. The highest BCUT2D eigenvalue weighted by Crippen LogP contribution is 2.27. The van der Waals surface area contributed by atoms with Crippen molar-refractivity contribution in [2.24, 2.45) is 0 Å². The van der Waals surface area contributed by atoms with E-state index in [4.69, 9.17) is 21.1 Å². The molecule has 2 aromatic carbocycles. The molecule has 0 bridgehead atoms. The maximum atomic E-state index is 12.7. The van der Waals surface area contributed by atoms with E-state index < -0.39 is 5.91 Å². The fraction of sp³-hybridized carbons (Fsp3) is 0.174. The molecule has 0 spiro atoms. The summed E-state index contributed by atoms with van der Waals surface area (Å²) in [5.74, 6) is 0.0984. The number of pyridine rings is 1. The van der Waals surface area contributed by atoms with Gasteiger partial charge in [-0.1, -0.05) is 29.8 Å². The van der Waals surface area contributed by atoms with E-state index in [1.54, 1.807) is 48.7 Å². The van der Waals surface area contributed by atoms with Crippen molar-refractivity contribution in [3.63, 3.8) is 0 Å². The molecule has 2 N–H and O–H groups in total. The lowest BCUT2D eigenvalue weighted by Gasteiger charge is -2.15. The average molecular weight is 440 g/mol. The average Bonchev–Trinajstić information content (AvgIpc) is 2.78. The summed E-state index contributed by atoms with van der Waals surface area (Å²) in [7, 11) is 1.51. The minimum Gasteiger partial charge on any atom is -0.495 e. The lowest BCUT2D eigenvalue weighted by molar-refractivity contribution is -0.118. The van der Waals surface area contributed by atoms with Gasteiger partial charge in [0.2, 0.25) is 0 Å². The second-order valence-electron chi connectivity index (χ2n) is 6.63. The Labute approximate surface area is 185 Å². The fourth-order valence-electron chi connectivity index (χ4n) is 2.85. The fourth-order valence-corrected chi connectivity index (χ4v) is 3.10. The molecule has 8 heteroatoms. The number of aromatic nitrogens is 1. The predicted molar refractivity (Wildman–Crippen MR) is 119 cm³/mol. The minimum atomic E-state index is -0.390. The summed E-state index contributed by atoms with van der Waals surface area (Å²) in [4.78, 5) is 29.3. The third-order valence-corrected chi connectivity index (χ3v) is 4.70. The van der Waals surface area contributed by atoms with Gasteiger partial charge in [-0.25, -0.2) is 0 Å². The molecule has 0 aliphatic carbocycles. The third kappa shape index (κ3) is 5.96. The number of carbonyl (C=O) groups excluding carboxylic acids is 2. The molecule has 0 saturated carbocycles. The van der Waals surface area contributed by atoms with Crippen LogP contribution in [0.3, 0.4) is 0 Å². The molecule has 0 aliphatic rings. The predicted octanol–water partition coefficient (Wildman–Crippen LogP) is 4.25. The van der Waals surface area contributed by atoms with Gasteiger partial charge in [0.1, 0.15) is 11.5 Å². The molecule has 7 nitrogen and oxygen atoms in total. The Balaban J connectivity index is 1.61. The van der Waals surface area contributed by atoms with Gasteiger partial charge in [-0.05, 0) is 49.4 Å². The summed E-state index contributed by atoms with van der Waals surface area (Å²) in [6.07, 6.45) is 1.67. The van der Waals surface area contributed by atoms with Crippen LogP contribution < -0.4 is 20.1 Å². The number of halogens is 1. The molecule has 1 heterocycles. The van der Waals surface area contributed by atoms with Gasteiger partial charge in [0, 0.05) is 11.9 Å². The van der Waals surface area contributed by atoms with E-state index in [1.165, 1.54) is 7.11 Å². The van der Waals surface area contributed by atoms with Crippen molar-refractivity contribution in [2.75, 3.05) is 19.0 Å². The Bertz CT molecular complexity index is 1060. The second kappa shape index (κ2) is 10.4. The Hall–Kier alpha value is -3.58. The number of nitrogens with one attached hydrogen (secondary N) is 2. The summed E-state index contributed by atoms with van der Waals surface area (Å²) in [5, 5.41) is 5.96. The number of nitrogens with zero attached hydrogens (tertiary/aromatic N) is 1. The van der Waals surface area contributed by atoms with Crippen molar-refractivity contribution in [3.05, 3.63) is 83.1 Å². The van der Waals surface area contributed by atoms with Crippen molar-refractivity contribution in [1.82, 2.24) is 10.3 Å². The second-order valence-corrected chi connectivity index (χ2v) is 7.04. The smallest absolute Gasteiger partial charge is 0.262 e. The first kappa shape index (κ1) is 22.1. The van der Waals surface area contributed by atoms with Crippen LogP contribution in [0.5, 0.6) is 11.5 Å². The number of anilines is 1. The van der Waals surface area contributed by atoms with E-state index in [0.717, 1.165) is 5.69 Å². The number of methoxy groups -OCH3 is 1. The van der Waals surface area contributed by atoms with Gasteiger partial charge in [0.15, 0.2) is 6.61 Å². The zero-order valence-corrected chi connectivity index (χ0v) is 17.8. The molecular weight excluding hydrogens is 418 g/mol. The molecule has 3 rings (SSSR count). The summed E-state index contributed by atoms with van der Waals surface area (Å²) in [6, 6.07) is 16.9. The monoisotopic (exact) mass is 439 g/mol. The zero-order valence-electron chi connectivity index (χ0n) is 17.1. The lowest BCUT2D eigenvalue weighted by atomic mass is 10.1. The topological polar surface area (TPSA) is 89.5 Å². The first-order valence-electron chi connectivity index (χ1n) is 9.55. The number of ether oxygens (including phenoxy) is 2.